The molecule has 0 saturated heterocycles. The van der Waals surface area contributed by atoms with Crippen LogP contribution < -0.4 is 10.0 Å². The van der Waals surface area contributed by atoms with E-state index in [4.69, 9.17) is 0 Å². The largest absolute Gasteiger partial charge is 0.314 e. The van der Waals surface area contributed by atoms with E-state index in [2.05, 4.69) is 17.0 Å². The topological polar surface area (TPSA) is 58.2 Å². The van der Waals surface area contributed by atoms with Crippen LogP contribution in [0.5, 0.6) is 0 Å². The minimum Gasteiger partial charge on any atom is -0.314 e. The summed E-state index contributed by atoms with van der Waals surface area (Å²) >= 11 is 0. The Morgan fingerprint density at radius 2 is 1.81 bits per heavy atom. The van der Waals surface area contributed by atoms with Gasteiger partial charge in [-0.1, -0.05) is 31.9 Å². The van der Waals surface area contributed by atoms with Gasteiger partial charge in [-0.15, -0.1) is 0 Å². The highest BCUT2D eigenvalue weighted by molar-refractivity contribution is 7.89. The van der Waals surface area contributed by atoms with Crippen molar-refractivity contribution in [1.29, 1.82) is 0 Å². The molecule has 1 aromatic carbocycles. The van der Waals surface area contributed by atoms with E-state index in [9.17, 15) is 8.42 Å². The van der Waals surface area contributed by atoms with Gasteiger partial charge in [0.25, 0.3) is 0 Å². The van der Waals surface area contributed by atoms with Gasteiger partial charge in [-0.25, -0.2) is 13.1 Å². The average Bonchev–Trinajstić information content (AvgIpc) is 3.28. The highest BCUT2D eigenvalue weighted by Gasteiger charge is 2.19. The zero-order valence-electron chi connectivity index (χ0n) is 12.8. The minimum atomic E-state index is -3.35. The van der Waals surface area contributed by atoms with Gasteiger partial charge in [-0.05, 0) is 49.9 Å². The van der Waals surface area contributed by atoms with Crippen molar-refractivity contribution >= 4 is 10.0 Å². The highest BCUT2D eigenvalue weighted by Crippen LogP contribution is 2.18. The lowest BCUT2D eigenvalue weighted by atomic mass is 10.1. The average molecular weight is 310 g/mol. The van der Waals surface area contributed by atoms with Gasteiger partial charge in [0.15, 0.2) is 0 Å². The van der Waals surface area contributed by atoms with E-state index in [1.165, 1.54) is 18.4 Å². The Morgan fingerprint density at radius 1 is 1.10 bits per heavy atom. The monoisotopic (exact) mass is 310 g/mol. The van der Waals surface area contributed by atoms with Gasteiger partial charge < -0.3 is 5.32 Å². The summed E-state index contributed by atoms with van der Waals surface area (Å²) in [7, 11) is -3.35. The summed E-state index contributed by atoms with van der Waals surface area (Å²) in [6, 6.07) is 7.95. The summed E-state index contributed by atoms with van der Waals surface area (Å²) in [6.07, 6.45) is 6.56. The molecule has 0 unspecified atom stereocenters. The first kappa shape index (κ1) is 16.5. The van der Waals surface area contributed by atoms with Crippen LogP contribution in [0, 0.1) is 0 Å². The molecule has 2 N–H and O–H groups in total. The van der Waals surface area contributed by atoms with Crippen molar-refractivity contribution in [2.45, 2.75) is 56.4 Å². The van der Waals surface area contributed by atoms with Crippen molar-refractivity contribution in [3.05, 3.63) is 29.8 Å². The third-order valence-corrected chi connectivity index (χ3v) is 5.21. The number of benzene rings is 1. The molecule has 0 aromatic heterocycles. The molecule has 0 aliphatic heterocycles. The molecule has 0 radical (unpaired) electrons. The first-order chi connectivity index (χ1) is 10.1. The fourth-order valence-electron chi connectivity index (χ4n) is 2.21. The summed E-state index contributed by atoms with van der Waals surface area (Å²) < 4.78 is 26.8. The van der Waals surface area contributed by atoms with Crippen LogP contribution in [0.25, 0.3) is 0 Å². The molecular weight excluding hydrogens is 284 g/mol. The summed E-state index contributed by atoms with van der Waals surface area (Å²) in [4.78, 5) is 0.359. The van der Waals surface area contributed by atoms with Crippen molar-refractivity contribution in [2.75, 3.05) is 13.1 Å². The summed E-state index contributed by atoms with van der Waals surface area (Å²) in [5.74, 6) is 0. The van der Waals surface area contributed by atoms with Crippen molar-refractivity contribution in [1.82, 2.24) is 10.0 Å². The molecule has 0 amide bonds. The van der Waals surface area contributed by atoms with E-state index in [0.717, 1.165) is 38.3 Å². The zero-order chi connectivity index (χ0) is 15.1. The molecule has 1 saturated carbocycles. The van der Waals surface area contributed by atoms with E-state index in [1.54, 1.807) is 12.1 Å². The van der Waals surface area contributed by atoms with Crippen molar-refractivity contribution in [3.63, 3.8) is 0 Å². The molecule has 5 heteroatoms. The third-order valence-electron chi connectivity index (χ3n) is 3.73. The number of rotatable bonds is 10. The Labute approximate surface area is 128 Å². The standard InChI is InChI=1S/C16H26N2O2S/c1-2-3-4-12-18-21(19,20)16-9-5-14(6-10-16)11-13-17-15-7-8-15/h5-6,9-10,15,17-18H,2-4,7-8,11-13H2,1H3. The molecule has 0 atom stereocenters. The predicted octanol–water partition coefficient (Wildman–Crippen LogP) is 2.45. The normalized spacial score (nSPS) is 15.3. The van der Waals surface area contributed by atoms with Gasteiger partial charge in [-0.2, -0.15) is 0 Å². The smallest absolute Gasteiger partial charge is 0.240 e. The van der Waals surface area contributed by atoms with Crippen LogP contribution in [0.2, 0.25) is 0 Å². The predicted molar refractivity (Wildman–Crippen MR) is 85.9 cm³/mol. The SMILES string of the molecule is CCCCCNS(=O)(=O)c1ccc(CCNC2CC2)cc1. The van der Waals surface area contributed by atoms with Gasteiger partial charge in [-0.3, -0.25) is 0 Å². The Hall–Kier alpha value is -0.910. The van der Waals surface area contributed by atoms with Gasteiger partial charge in [0.05, 0.1) is 4.90 Å². The quantitative estimate of drug-likeness (QED) is 0.653. The Bertz CT molecular complexity index is 522. The van der Waals surface area contributed by atoms with Gasteiger partial charge in [0.2, 0.25) is 10.0 Å². The van der Waals surface area contributed by atoms with E-state index in [1.807, 2.05) is 12.1 Å². The maximum absolute atomic E-state index is 12.1. The highest BCUT2D eigenvalue weighted by atomic mass is 32.2. The lowest BCUT2D eigenvalue weighted by Crippen LogP contribution is -2.24. The van der Waals surface area contributed by atoms with Crippen molar-refractivity contribution in [2.24, 2.45) is 0 Å². The zero-order valence-corrected chi connectivity index (χ0v) is 13.6. The van der Waals surface area contributed by atoms with E-state index in [-0.39, 0.29) is 0 Å². The molecule has 1 aromatic rings. The number of nitrogens with one attached hydrogen (secondary N) is 2. The molecular formula is C16H26N2O2S. The maximum Gasteiger partial charge on any atom is 0.240 e. The van der Waals surface area contributed by atoms with Crippen LogP contribution in [0.15, 0.2) is 29.2 Å². The van der Waals surface area contributed by atoms with Crippen LogP contribution in [0.3, 0.4) is 0 Å². The van der Waals surface area contributed by atoms with Gasteiger partial charge >= 0.3 is 0 Å². The first-order valence-electron chi connectivity index (χ1n) is 7.94. The maximum atomic E-state index is 12.1. The molecule has 0 heterocycles. The van der Waals surface area contributed by atoms with E-state index < -0.39 is 10.0 Å². The lowest BCUT2D eigenvalue weighted by Gasteiger charge is -2.08. The summed E-state index contributed by atoms with van der Waals surface area (Å²) in [6.45, 7) is 3.58. The molecule has 0 bridgehead atoms. The summed E-state index contributed by atoms with van der Waals surface area (Å²) in [5.41, 5.74) is 1.17. The molecule has 118 valence electrons. The third kappa shape index (κ3) is 5.77. The molecule has 1 aliphatic carbocycles. The molecule has 1 fully saturated rings. The minimum absolute atomic E-state index is 0.359. The second-order valence-corrected chi connectivity index (χ2v) is 7.49. The van der Waals surface area contributed by atoms with E-state index >= 15 is 0 Å². The first-order valence-corrected chi connectivity index (χ1v) is 9.42. The summed E-state index contributed by atoms with van der Waals surface area (Å²) in [5, 5.41) is 3.46. The van der Waals surface area contributed by atoms with Crippen LogP contribution >= 0.6 is 0 Å². The van der Waals surface area contributed by atoms with Crippen molar-refractivity contribution < 1.29 is 8.42 Å². The Kier molecular flexibility index (Phi) is 6.21. The van der Waals surface area contributed by atoms with Crippen LogP contribution in [-0.4, -0.2) is 27.5 Å². The van der Waals surface area contributed by atoms with Crippen LogP contribution in [0.1, 0.15) is 44.6 Å². The fourth-order valence-corrected chi connectivity index (χ4v) is 3.28. The second-order valence-electron chi connectivity index (χ2n) is 5.73. The Balaban J connectivity index is 1.81. The molecule has 4 nitrogen and oxygen atoms in total. The lowest BCUT2D eigenvalue weighted by molar-refractivity contribution is 0.576. The molecule has 21 heavy (non-hydrogen) atoms. The number of unbranched alkanes of at least 4 members (excludes halogenated alkanes) is 2. The molecule has 0 spiro atoms. The Morgan fingerprint density at radius 3 is 2.43 bits per heavy atom. The van der Waals surface area contributed by atoms with Crippen LogP contribution in [-0.2, 0) is 16.4 Å². The van der Waals surface area contributed by atoms with E-state index in [0.29, 0.717) is 11.4 Å². The van der Waals surface area contributed by atoms with Gasteiger partial charge in [0.1, 0.15) is 0 Å². The van der Waals surface area contributed by atoms with Gasteiger partial charge in [0, 0.05) is 12.6 Å². The second kappa shape index (κ2) is 7.92. The van der Waals surface area contributed by atoms with Crippen LogP contribution in [0.4, 0.5) is 0 Å². The number of hydrogen-bond acceptors (Lipinski definition) is 3. The number of hydrogen-bond donors (Lipinski definition) is 2. The molecule has 2 rings (SSSR count). The fraction of sp³-hybridized carbons (Fsp3) is 0.625. The molecule has 1 aliphatic rings. The van der Waals surface area contributed by atoms with Crippen molar-refractivity contribution in [3.8, 4) is 0 Å². The number of sulfonamides is 1.